The third kappa shape index (κ3) is 4.83. The van der Waals surface area contributed by atoms with Crippen molar-refractivity contribution < 1.29 is 14.3 Å². The Morgan fingerprint density at radius 1 is 0.862 bits per heavy atom. The molecule has 0 aliphatic carbocycles. The molecule has 0 amide bonds. The predicted molar refractivity (Wildman–Crippen MR) is 112 cm³/mol. The predicted octanol–water partition coefficient (Wildman–Crippen LogP) is 6.09. The SMILES string of the molecule is O=C(OCc1ccc(Cl)cc1)c1ccc(Oc2cnc3cc(Cl)ccc3n2)cc1. The highest BCUT2D eigenvalue weighted by Gasteiger charge is 2.09. The topological polar surface area (TPSA) is 61.3 Å². The first-order chi connectivity index (χ1) is 14.1. The number of carbonyl (C=O) groups excluding carboxylic acids is 1. The van der Waals surface area contributed by atoms with Gasteiger partial charge in [-0.3, -0.25) is 0 Å². The van der Waals surface area contributed by atoms with Crippen LogP contribution in [-0.4, -0.2) is 15.9 Å². The summed E-state index contributed by atoms with van der Waals surface area (Å²) in [6, 6.07) is 19.0. The summed E-state index contributed by atoms with van der Waals surface area (Å²) < 4.78 is 11.0. The Morgan fingerprint density at radius 2 is 1.59 bits per heavy atom. The van der Waals surface area contributed by atoms with E-state index < -0.39 is 5.97 Å². The van der Waals surface area contributed by atoms with Crippen LogP contribution in [0.3, 0.4) is 0 Å². The minimum absolute atomic E-state index is 0.172. The number of carbonyl (C=O) groups is 1. The highest BCUT2D eigenvalue weighted by Crippen LogP contribution is 2.23. The number of hydrogen-bond acceptors (Lipinski definition) is 5. The highest BCUT2D eigenvalue weighted by atomic mass is 35.5. The van der Waals surface area contributed by atoms with Crippen LogP contribution in [0, 0.1) is 0 Å². The maximum absolute atomic E-state index is 12.2. The van der Waals surface area contributed by atoms with Crippen LogP contribution in [0.4, 0.5) is 0 Å². The lowest BCUT2D eigenvalue weighted by Gasteiger charge is -2.07. The van der Waals surface area contributed by atoms with Crippen molar-refractivity contribution in [3.63, 3.8) is 0 Å². The molecular formula is C22H14Cl2N2O3. The highest BCUT2D eigenvalue weighted by molar-refractivity contribution is 6.31. The van der Waals surface area contributed by atoms with Crippen LogP contribution >= 0.6 is 23.2 Å². The Balaban J connectivity index is 1.40. The van der Waals surface area contributed by atoms with Crippen molar-refractivity contribution in [2.24, 2.45) is 0 Å². The maximum atomic E-state index is 12.2. The maximum Gasteiger partial charge on any atom is 0.338 e. The summed E-state index contributed by atoms with van der Waals surface area (Å²) in [5, 5.41) is 1.23. The molecule has 0 atom stereocenters. The third-order valence-corrected chi connectivity index (χ3v) is 4.56. The van der Waals surface area contributed by atoms with Gasteiger partial charge in [0.05, 0.1) is 22.8 Å². The third-order valence-electron chi connectivity index (χ3n) is 4.08. The quantitative estimate of drug-likeness (QED) is 0.363. The molecule has 5 nitrogen and oxygen atoms in total. The fourth-order valence-corrected chi connectivity index (χ4v) is 2.90. The van der Waals surface area contributed by atoms with Gasteiger partial charge in [-0.15, -0.1) is 0 Å². The number of hydrogen-bond donors (Lipinski definition) is 0. The van der Waals surface area contributed by atoms with Crippen LogP contribution in [0.15, 0.2) is 72.9 Å². The molecule has 7 heteroatoms. The van der Waals surface area contributed by atoms with Crippen LogP contribution in [0.2, 0.25) is 10.0 Å². The van der Waals surface area contributed by atoms with Crippen LogP contribution < -0.4 is 4.74 Å². The summed E-state index contributed by atoms with van der Waals surface area (Å²) in [7, 11) is 0. The van der Waals surface area contributed by atoms with Crippen LogP contribution in [0.5, 0.6) is 11.6 Å². The van der Waals surface area contributed by atoms with Crippen molar-refractivity contribution in [3.05, 3.63) is 94.1 Å². The van der Waals surface area contributed by atoms with Crippen LogP contribution in [0.25, 0.3) is 11.0 Å². The molecule has 0 bridgehead atoms. The first-order valence-corrected chi connectivity index (χ1v) is 9.44. The molecule has 0 radical (unpaired) electrons. The number of esters is 1. The van der Waals surface area contributed by atoms with E-state index in [1.165, 1.54) is 6.20 Å². The minimum Gasteiger partial charge on any atom is -0.457 e. The fourth-order valence-electron chi connectivity index (χ4n) is 2.61. The first kappa shape index (κ1) is 19.2. The fraction of sp³-hybridized carbons (Fsp3) is 0.0455. The van der Waals surface area contributed by atoms with E-state index in [-0.39, 0.29) is 6.61 Å². The molecule has 4 aromatic rings. The molecule has 0 aliphatic heterocycles. The Hall–Kier alpha value is -3.15. The van der Waals surface area contributed by atoms with Crippen molar-refractivity contribution in [1.29, 1.82) is 0 Å². The van der Waals surface area contributed by atoms with Gasteiger partial charge < -0.3 is 9.47 Å². The molecule has 3 aromatic carbocycles. The summed E-state index contributed by atoms with van der Waals surface area (Å²) in [5.74, 6) is 0.452. The molecule has 0 aliphatic rings. The van der Waals surface area contributed by atoms with Crippen molar-refractivity contribution in [3.8, 4) is 11.6 Å². The number of ether oxygens (including phenoxy) is 2. The molecule has 144 valence electrons. The molecule has 0 spiro atoms. The normalized spacial score (nSPS) is 10.7. The second kappa shape index (κ2) is 8.47. The van der Waals surface area contributed by atoms with E-state index in [9.17, 15) is 4.79 Å². The van der Waals surface area contributed by atoms with Gasteiger partial charge in [-0.25, -0.2) is 14.8 Å². The average Bonchev–Trinajstić information content (AvgIpc) is 2.74. The molecule has 0 N–H and O–H groups in total. The molecule has 4 rings (SSSR count). The van der Waals surface area contributed by atoms with Gasteiger partial charge in [0.25, 0.3) is 0 Å². The number of nitrogens with zero attached hydrogens (tertiary/aromatic N) is 2. The standard InChI is InChI=1S/C22H14Cl2N2O3/c23-16-5-1-14(2-6-16)13-28-22(27)15-3-8-18(9-4-15)29-21-12-25-20-11-17(24)7-10-19(20)26-21/h1-12H,13H2. The summed E-state index contributed by atoms with van der Waals surface area (Å²) in [5.41, 5.74) is 2.64. The van der Waals surface area contributed by atoms with Gasteiger partial charge in [0.2, 0.25) is 5.88 Å². The smallest absolute Gasteiger partial charge is 0.338 e. The first-order valence-electron chi connectivity index (χ1n) is 8.69. The van der Waals surface area contributed by atoms with E-state index in [1.54, 1.807) is 54.6 Å². The number of benzene rings is 3. The number of halogens is 2. The van der Waals surface area contributed by atoms with Gasteiger partial charge in [0.15, 0.2) is 0 Å². The van der Waals surface area contributed by atoms with Crippen LogP contribution in [0.1, 0.15) is 15.9 Å². The Kier molecular flexibility index (Phi) is 5.60. The zero-order valence-electron chi connectivity index (χ0n) is 15.0. The lowest BCUT2D eigenvalue weighted by atomic mass is 10.2. The van der Waals surface area contributed by atoms with Gasteiger partial charge in [-0.2, -0.15) is 0 Å². The van der Waals surface area contributed by atoms with E-state index in [4.69, 9.17) is 32.7 Å². The van der Waals surface area contributed by atoms with E-state index >= 15 is 0 Å². The second-order valence-electron chi connectivity index (χ2n) is 6.17. The van der Waals surface area contributed by atoms with E-state index in [1.807, 2.05) is 12.1 Å². The minimum atomic E-state index is -0.422. The van der Waals surface area contributed by atoms with Gasteiger partial charge in [-0.05, 0) is 60.2 Å². The zero-order valence-corrected chi connectivity index (χ0v) is 16.5. The Labute approximate surface area is 176 Å². The zero-order chi connectivity index (χ0) is 20.2. The van der Waals surface area contributed by atoms with Gasteiger partial charge in [0.1, 0.15) is 12.4 Å². The molecule has 0 fully saturated rings. The van der Waals surface area contributed by atoms with Crippen molar-refractivity contribution in [2.75, 3.05) is 0 Å². The summed E-state index contributed by atoms with van der Waals surface area (Å²) in [6.07, 6.45) is 1.52. The van der Waals surface area contributed by atoms with Crippen molar-refractivity contribution in [1.82, 2.24) is 9.97 Å². The average molecular weight is 425 g/mol. The van der Waals surface area contributed by atoms with Gasteiger partial charge >= 0.3 is 5.97 Å². The van der Waals surface area contributed by atoms with Gasteiger partial charge in [0, 0.05) is 10.0 Å². The largest absolute Gasteiger partial charge is 0.457 e. The van der Waals surface area contributed by atoms with E-state index in [0.717, 1.165) is 5.56 Å². The Morgan fingerprint density at radius 3 is 2.34 bits per heavy atom. The summed E-state index contributed by atoms with van der Waals surface area (Å²) in [6.45, 7) is 0.172. The number of rotatable bonds is 5. The van der Waals surface area contributed by atoms with Crippen LogP contribution in [-0.2, 0) is 11.3 Å². The molecule has 0 unspecified atom stereocenters. The molecule has 1 heterocycles. The number of aromatic nitrogens is 2. The van der Waals surface area contributed by atoms with Crippen molar-refractivity contribution >= 4 is 40.2 Å². The van der Waals surface area contributed by atoms with Crippen molar-refractivity contribution in [2.45, 2.75) is 6.61 Å². The molecule has 0 saturated heterocycles. The van der Waals surface area contributed by atoms with E-state index in [0.29, 0.717) is 38.3 Å². The lowest BCUT2D eigenvalue weighted by molar-refractivity contribution is 0.0472. The van der Waals surface area contributed by atoms with Gasteiger partial charge in [-0.1, -0.05) is 35.3 Å². The monoisotopic (exact) mass is 424 g/mol. The molecule has 29 heavy (non-hydrogen) atoms. The second-order valence-corrected chi connectivity index (χ2v) is 7.04. The van der Waals surface area contributed by atoms with E-state index in [2.05, 4.69) is 9.97 Å². The lowest BCUT2D eigenvalue weighted by Crippen LogP contribution is -2.05. The molecule has 1 aromatic heterocycles. The Bertz CT molecular complexity index is 1160. The summed E-state index contributed by atoms with van der Waals surface area (Å²) in [4.78, 5) is 20.9. The molecular weight excluding hydrogens is 411 g/mol. The molecule has 0 saturated carbocycles. The summed E-state index contributed by atoms with van der Waals surface area (Å²) >= 11 is 11.8. The number of fused-ring (bicyclic) bond motifs is 1.